The van der Waals surface area contributed by atoms with Gasteiger partial charge in [-0.15, -0.1) is 0 Å². The van der Waals surface area contributed by atoms with Crippen LogP contribution in [0.4, 0.5) is 0 Å². The van der Waals surface area contributed by atoms with E-state index < -0.39 is 12.0 Å². The van der Waals surface area contributed by atoms with E-state index in [1.165, 1.54) is 0 Å². The number of hydrogen-bond acceptors (Lipinski definition) is 2. The van der Waals surface area contributed by atoms with Crippen LogP contribution < -0.4 is 5.32 Å². The first-order valence-electron chi connectivity index (χ1n) is 11.2. The zero-order valence-corrected chi connectivity index (χ0v) is 19.1. The number of unbranched alkanes of at least 4 members (excludes halogenated alkanes) is 1. The van der Waals surface area contributed by atoms with E-state index >= 15 is 0 Å². The van der Waals surface area contributed by atoms with Crippen LogP contribution in [0, 0.1) is 5.92 Å². The molecule has 0 radical (unpaired) electrons. The minimum Gasteiger partial charge on any atom is -0.480 e. The van der Waals surface area contributed by atoms with E-state index in [-0.39, 0.29) is 11.8 Å². The van der Waals surface area contributed by atoms with Gasteiger partial charge >= 0.3 is 5.97 Å². The van der Waals surface area contributed by atoms with Crippen molar-refractivity contribution in [3.63, 3.8) is 0 Å². The molecule has 0 aliphatic heterocycles. The molecule has 168 valence electrons. The van der Waals surface area contributed by atoms with Crippen LogP contribution in [0.5, 0.6) is 0 Å². The zero-order valence-electron chi connectivity index (χ0n) is 19.1. The maximum absolute atomic E-state index is 11.9. The maximum atomic E-state index is 11.9. The number of carbonyl (C=O) groups is 2. The SMILES string of the molecule is CC/C=C\C/C=C\C/C=C\C/C=C\C/C=C\CCCC(=O)N[C@@H](CC(C)C)C(=O)O. The van der Waals surface area contributed by atoms with Crippen molar-refractivity contribution in [2.45, 2.75) is 84.6 Å². The fourth-order valence-corrected chi connectivity index (χ4v) is 2.71. The molecule has 0 heterocycles. The molecule has 4 nitrogen and oxygen atoms in total. The lowest BCUT2D eigenvalue weighted by Gasteiger charge is -2.16. The smallest absolute Gasteiger partial charge is 0.326 e. The van der Waals surface area contributed by atoms with E-state index in [4.69, 9.17) is 5.11 Å². The number of nitrogens with one attached hydrogen (secondary N) is 1. The van der Waals surface area contributed by atoms with Crippen molar-refractivity contribution in [3.05, 3.63) is 60.8 Å². The molecule has 1 amide bonds. The second-order valence-electron chi connectivity index (χ2n) is 7.69. The number of carboxylic acid groups (broad SMARTS) is 1. The number of allylic oxidation sites excluding steroid dienone is 10. The van der Waals surface area contributed by atoms with Gasteiger partial charge in [0.25, 0.3) is 0 Å². The number of amides is 1. The zero-order chi connectivity index (χ0) is 22.5. The highest BCUT2D eigenvalue weighted by atomic mass is 16.4. The van der Waals surface area contributed by atoms with E-state index in [1.54, 1.807) is 0 Å². The van der Waals surface area contributed by atoms with Gasteiger partial charge in [0.2, 0.25) is 5.91 Å². The molecule has 0 unspecified atom stereocenters. The van der Waals surface area contributed by atoms with Crippen molar-refractivity contribution >= 4 is 11.9 Å². The number of carboxylic acids is 1. The third-order valence-electron chi connectivity index (χ3n) is 4.27. The van der Waals surface area contributed by atoms with Gasteiger partial charge in [0.1, 0.15) is 6.04 Å². The number of rotatable bonds is 17. The number of aliphatic carboxylic acids is 1. The highest BCUT2D eigenvalue weighted by Crippen LogP contribution is 2.06. The summed E-state index contributed by atoms with van der Waals surface area (Å²) in [4.78, 5) is 23.0. The van der Waals surface area contributed by atoms with Crippen LogP contribution in [0.2, 0.25) is 0 Å². The molecule has 0 spiro atoms. The molecule has 0 aliphatic rings. The highest BCUT2D eigenvalue weighted by molar-refractivity contribution is 5.83. The molecule has 0 saturated heterocycles. The first kappa shape index (κ1) is 27.6. The van der Waals surface area contributed by atoms with Gasteiger partial charge in [-0.25, -0.2) is 4.79 Å². The molecule has 0 fully saturated rings. The van der Waals surface area contributed by atoms with Gasteiger partial charge in [0.05, 0.1) is 0 Å². The van der Waals surface area contributed by atoms with Crippen molar-refractivity contribution in [2.24, 2.45) is 5.92 Å². The average molecular weight is 416 g/mol. The Morgan fingerprint density at radius 2 is 1.27 bits per heavy atom. The van der Waals surface area contributed by atoms with Crippen LogP contribution in [-0.2, 0) is 9.59 Å². The van der Waals surface area contributed by atoms with Crippen molar-refractivity contribution in [1.29, 1.82) is 0 Å². The molecule has 0 aromatic carbocycles. The molecule has 0 bridgehead atoms. The first-order chi connectivity index (χ1) is 14.5. The lowest BCUT2D eigenvalue weighted by Crippen LogP contribution is -2.41. The molecule has 1 atom stereocenters. The van der Waals surface area contributed by atoms with Gasteiger partial charge in [0.15, 0.2) is 0 Å². The lowest BCUT2D eigenvalue weighted by atomic mass is 10.0. The van der Waals surface area contributed by atoms with E-state index in [0.717, 1.165) is 44.9 Å². The fourth-order valence-electron chi connectivity index (χ4n) is 2.71. The monoisotopic (exact) mass is 415 g/mol. The van der Waals surface area contributed by atoms with Crippen molar-refractivity contribution in [3.8, 4) is 0 Å². The number of carbonyl (C=O) groups excluding carboxylic acids is 1. The minimum absolute atomic E-state index is 0.185. The quantitative estimate of drug-likeness (QED) is 0.210. The second-order valence-corrected chi connectivity index (χ2v) is 7.69. The Kier molecular flexibility index (Phi) is 18.4. The summed E-state index contributed by atoms with van der Waals surface area (Å²) in [7, 11) is 0. The third-order valence-corrected chi connectivity index (χ3v) is 4.27. The van der Waals surface area contributed by atoms with Gasteiger partial charge in [-0.05, 0) is 57.3 Å². The lowest BCUT2D eigenvalue weighted by molar-refractivity contribution is -0.142. The molecule has 0 rings (SSSR count). The molecule has 30 heavy (non-hydrogen) atoms. The Morgan fingerprint density at radius 3 is 1.70 bits per heavy atom. The fraction of sp³-hybridized carbons (Fsp3) is 0.538. The van der Waals surface area contributed by atoms with Crippen LogP contribution in [0.15, 0.2) is 60.8 Å². The maximum Gasteiger partial charge on any atom is 0.326 e. The van der Waals surface area contributed by atoms with E-state index in [1.807, 2.05) is 13.8 Å². The summed E-state index contributed by atoms with van der Waals surface area (Å²) in [5.41, 5.74) is 0. The van der Waals surface area contributed by atoms with Crippen molar-refractivity contribution in [1.82, 2.24) is 5.32 Å². The first-order valence-corrected chi connectivity index (χ1v) is 11.2. The molecular weight excluding hydrogens is 374 g/mol. The van der Waals surface area contributed by atoms with E-state index in [9.17, 15) is 9.59 Å². The van der Waals surface area contributed by atoms with Crippen LogP contribution in [0.3, 0.4) is 0 Å². The molecular formula is C26H41NO3. The summed E-state index contributed by atoms with van der Waals surface area (Å²) >= 11 is 0. The summed E-state index contributed by atoms with van der Waals surface area (Å²) in [6.45, 7) is 6.04. The molecule has 4 heteroatoms. The van der Waals surface area contributed by atoms with Gasteiger partial charge in [0, 0.05) is 6.42 Å². The Labute approximate surface area is 183 Å². The summed E-state index contributed by atoms with van der Waals surface area (Å²) in [5.74, 6) is -0.919. The predicted molar refractivity (Wildman–Crippen MR) is 127 cm³/mol. The second kappa shape index (κ2) is 19.9. The van der Waals surface area contributed by atoms with Gasteiger partial charge in [-0.1, -0.05) is 81.5 Å². The molecule has 0 aromatic rings. The average Bonchev–Trinajstić information content (AvgIpc) is 2.69. The Hall–Kier alpha value is -2.36. The van der Waals surface area contributed by atoms with E-state index in [0.29, 0.717) is 12.8 Å². The summed E-state index contributed by atoms with van der Waals surface area (Å²) in [6, 6.07) is -0.786. The molecule has 0 saturated carbocycles. The minimum atomic E-state index is -0.963. The standard InChI is InChI=1S/C26H41NO3/c1-4-5-6-7-8-9-10-11-12-13-14-15-16-17-18-19-20-21-25(28)27-24(26(29)30)22-23(2)3/h5-6,8-9,11-12,14-15,17-18,23-24H,4,7,10,13,16,19-22H2,1-3H3,(H,27,28)(H,29,30)/b6-5-,9-8-,12-11-,15-14-,18-17-/t24-/m0/s1. The van der Waals surface area contributed by atoms with Gasteiger partial charge < -0.3 is 10.4 Å². The Bertz CT molecular complexity index is 597. The van der Waals surface area contributed by atoms with E-state index in [2.05, 4.69) is 73.0 Å². The van der Waals surface area contributed by atoms with Crippen molar-refractivity contribution < 1.29 is 14.7 Å². The summed E-state index contributed by atoms with van der Waals surface area (Å²) in [6.07, 6.45) is 28.9. The normalized spacial score (nSPS) is 13.6. The van der Waals surface area contributed by atoms with Crippen LogP contribution >= 0.6 is 0 Å². The topological polar surface area (TPSA) is 66.4 Å². The van der Waals surface area contributed by atoms with Gasteiger partial charge in [-0.3, -0.25) is 4.79 Å². The molecule has 0 aromatic heterocycles. The molecule has 0 aliphatic carbocycles. The van der Waals surface area contributed by atoms with Crippen LogP contribution in [-0.4, -0.2) is 23.0 Å². The van der Waals surface area contributed by atoms with Crippen LogP contribution in [0.1, 0.15) is 78.6 Å². The Balaban J connectivity index is 3.76. The molecule has 2 N–H and O–H groups in total. The largest absolute Gasteiger partial charge is 0.480 e. The van der Waals surface area contributed by atoms with Crippen molar-refractivity contribution in [2.75, 3.05) is 0 Å². The number of hydrogen-bond donors (Lipinski definition) is 2. The Morgan fingerprint density at radius 1 is 0.800 bits per heavy atom. The van der Waals surface area contributed by atoms with Crippen LogP contribution in [0.25, 0.3) is 0 Å². The third kappa shape index (κ3) is 19.0. The van der Waals surface area contributed by atoms with Gasteiger partial charge in [-0.2, -0.15) is 0 Å². The summed E-state index contributed by atoms with van der Waals surface area (Å²) < 4.78 is 0. The summed E-state index contributed by atoms with van der Waals surface area (Å²) in [5, 5.41) is 11.8. The highest BCUT2D eigenvalue weighted by Gasteiger charge is 2.20. The predicted octanol–water partition coefficient (Wildman–Crippen LogP) is 6.52.